The molecule has 0 aliphatic carbocycles. The van der Waals surface area contributed by atoms with Crippen LogP contribution in [-0.2, 0) is 35.9 Å². The van der Waals surface area contributed by atoms with Gasteiger partial charge in [0.2, 0.25) is 31.6 Å². The maximum absolute atomic E-state index is 10.9. The fourth-order valence-electron chi connectivity index (χ4n) is 3.50. The topological polar surface area (TPSA) is 304 Å². The third-order valence-electron chi connectivity index (χ3n) is 5.59. The summed E-state index contributed by atoms with van der Waals surface area (Å²) in [6, 6.07) is 27.8. The maximum atomic E-state index is 10.9. The molecule has 0 radical (unpaired) electrons. The molecule has 0 heterocycles. The molecule has 4 aromatic carbocycles. The third kappa shape index (κ3) is 19.7. The van der Waals surface area contributed by atoms with Crippen LogP contribution >= 0.6 is 19.4 Å². The van der Waals surface area contributed by atoms with Crippen LogP contribution in [0.2, 0.25) is 0 Å². The van der Waals surface area contributed by atoms with Gasteiger partial charge in [-0.3, -0.25) is 29.3 Å². The molecule has 268 valence electrons. The van der Waals surface area contributed by atoms with Crippen molar-refractivity contribution in [2.45, 2.75) is 0 Å². The molecule has 0 unspecified atom stereocenters. The fraction of sp³-hybridized carbons (Fsp3) is 0.0769. The molecule has 0 fully saturated rings. The first-order valence-corrected chi connectivity index (χ1v) is 23.5. The fourth-order valence-corrected chi connectivity index (χ4v) is 3.50. The molecular weight excluding hydrogens is 817 g/mol. The molecular formula is C26H24Cl2N8O12S2Zn. The normalized spacial score (nSPS) is 9.69. The molecule has 4 rings (SSSR count). The van der Waals surface area contributed by atoms with Crippen LogP contribution in [0.1, 0.15) is 0 Å². The van der Waals surface area contributed by atoms with Gasteiger partial charge in [-0.1, -0.05) is 36.4 Å². The predicted octanol–water partition coefficient (Wildman–Crippen LogP) is 7.08. The minimum absolute atomic E-state index is 0.0600. The van der Waals surface area contributed by atoms with Gasteiger partial charge >= 0.3 is 57.3 Å². The number of anilines is 4. The monoisotopic (exact) mass is 838 g/mol. The second-order valence-electron chi connectivity index (χ2n) is 8.81. The average Bonchev–Trinajstić information content (AvgIpc) is 3.07. The van der Waals surface area contributed by atoms with E-state index in [1.54, 1.807) is 12.1 Å². The quantitative estimate of drug-likeness (QED) is 0.0489. The summed E-state index contributed by atoms with van der Waals surface area (Å²) in [5.74, 6) is 0. The van der Waals surface area contributed by atoms with Gasteiger partial charge in [-0.2, -0.15) is 0 Å². The number of rotatable bonds is 6. The van der Waals surface area contributed by atoms with Crippen molar-refractivity contribution < 1.29 is 60.0 Å². The number of halogens is 2. The number of nitro benzene ring substituents is 2. The Bertz CT molecular complexity index is 1900. The molecule has 51 heavy (non-hydrogen) atoms. The number of hydrogen-bond donors (Lipinski definition) is 2. The van der Waals surface area contributed by atoms with Gasteiger partial charge in [-0.05, 0) is 36.4 Å². The van der Waals surface area contributed by atoms with Crippen LogP contribution in [0.5, 0.6) is 0 Å². The van der Waals surface area contributed by atoms with Gasteiger partial charge in [0.25, 0.3) is 0 Å². The average molecular weight is 841 g/mol. The van der Waals surface area contributed by atoms with Crippen molar-refractivity contribution in [2.75, 3.05) is 23.9 Å². The first-order chi connectivity index (χ1) is 23.7. The zero-order chi connectivity index (χ0) is 39.4. The van der Waals surface area contributed by atoms with Crippen LogP contribution in [0.4, 0.5) is 45.5 Å². The van der Waals surface area contributed by atoms with Gasteiger partial charge in [0, 0.05) is 61.1 Å². The number of diazo groups is 2. The Balaban J connectivity index is 0.000000733. The summed E-state index contributed by atoms with van der Waals surface area (Å²) in [6.07, 6.45) is 0. The summed E-state index contributed by atoms with van der Waals surface area (Å²) >= 11 is -0.931. The van der Waals surface area contributed by atoms with Gasteiger partial charge < -0.3 is 18.9 Å². The number of nitro groups is 2. The molecule has 20 nitrogen and oxygen atoms in total. The molecule has 0 aromatic heterocycles. The van der Waals surface area contributed by atoms with E-state index in [1.807, 2.05) is 84.6 Å². The number of benzene rings is 4. The molecule has 0 amide bonds. The van der Waals surface area contributed by atoms with Gasteiger partial charge in [-0.25, -0.2) is 16.8 Å². The Morgan fingerprint density at radius 2 is 0.882 bits per heavy atom. The minimum atomic E-state index is -4.92. The summed E-state index contributed by atoms with van der Waals surface area (Å²) in [5.41, 5.74) is 2.52. The van der Waals surface area contributed by atoms with E-state index in [9.17, 15) is 20.2 Å². The summed E-state index contributed by atoms with van der Waals surface area (Å²) < 4.78 is 65.7. The second-order valence-corrected chi connectivity index (χ2v) is 15.1. The van der Waals surface area contributed by atoms with Crippen LogP contribution in [0.25, 0.3) is 9.95 Å². The van der Waals surface area contributed by atoms with Gasteiger partial charge in [0.15, 0.2) is 9.95 Å². The van der Waals surface area contributed by atoms with Crippen molar-refractivity contribution in [2.24, 2.45) is 0 Å². The van der Waals surface area contributed by atoms with E-state index < -0.39 is 45.8 Å². The van der Waals surface area contributed by atoms with Crippen LogP contribution in [0.3, 0.4) is 0 Å². The third-order valence-corrected chi connectivity index (χ3v) is 5.59. The zero-order valence-corrected chi connectivity index (χ0v) is 32.2. The molecule has 0 aliphatic rings. The predicted molar refractivity (Wildman–Crippen MR) is 181 cm³/mol. The Kier molecular flexibility index (Phi) is 20.5. The Hall–Kier alpha value is -4.94. The summed E-state index contributed by atoms with van der Waals surface area (Å²) in [4.78, 5) is 30.1. The second kappa shape index (κ2) is 22.7. The van der Waals surface area contributed by atoms with Crippen molar-refractivity contribution in [3.8, 4) is 0 Å². The van der Waals surface area contributed by atoms with E-state index in [0.29, 0.717) is 11.4 Å². The Labute approximate surface area is 306 Å². The number of para-hydroxylation sites is 2. The van der Waals surface area contributed by atoms with Crippen molar-refractivity contribution in [3.63, 3.8) is 0 Å². The van der Waals surface area contributed by atoms with Crippen molar-refractivity contribution in [1.29, 1.82) is 10.8 Å². The summed E-state index contributed by atoms with van der Waals surface area (Å²) in [5, 5.41) is 39.3. The van der Waals surface area contributed by atoms with Crippen molar-refractivity contribution in [1.82, 2.24) is 0 Å². The summed E-state index contributed by atoms with van der Waals surface area (Å²) in [6.45, 7) is 0. The first kappa shape index (κ1) is 46.1. The molecule has 0 bridgehead atoms. The molecule has 0 saturated heterocycles. The van der Waals surface area contributed by atoms with Crippen molar-refractivity contribution >= 4 is 85.7 Å². The van der Waals surface area contributed by atoms with Crippen LogP contribution in [0, 0.1) is 31.0 Å². The molecule has 0 spiro atoms. The first-order valence-electron chi connectivity index (χ1n) is 13.0. The van der Waals surface area contributed by atoms with E-state index in [2.05, 4.69) is 9.95 Å². The van der Waals surface area contributed by atoms with E-state index in [4.69, 9.17) is 65.2 Å². The Morgan fingerprint density at radius 3 is 1.10 bits per heavy atom. The number of hydrogen-bond acceptors (Lipinski definition) is 14. The van der Waals surface area contributed by atoms with Gasteiger partial charge in [0.05, 0.1) is 9.85 Å². The van der Waals surface area contributed by atoms with Crippen LogP contribution < -0.4 is 9.80 Å². The van der Waals surface area contributed by atoms with Crippen molar-refractivity contribution in [3.05, 3.63) is 127 Å². The molecule has 25 heteroatoms. The van der Waals surface area contributed by atoms with Gasteiger partial charge in [-0.15, -0.1) is 0 Å². The summed E-state index contributed by atoms with van der Waals surface area (Å²) in [7, 11) is 3.69. The van der Waals surface area contributed by atoms with Gasteiger partial charge in [0.1, 0.15) is 0 Å². The SMILES string of the molecule is CN(c1ccccc1)c1ccc([N+]#N)c([N+](=O)[O-])c1.CN(c1ccccc1)c1ccc([N+]#N)c([N+](=O)[O-])c1.O=S(=O)([O-])O.O=S(=O)([O-])O.[Cl][Zn][Cl]. The molecule has 4 aromatic rings. The van der Waals surface area contributed by atoms with Crippen LogP contribution in [0.15, 0.2) is 97.1 Å². The molecule has 0 aliphatic heterocycles. The Morgan fingerprint density at radius 1 is 0.627 bits per heavy atom. The number of nitrogens with zero attached hydrogens (tertiary/aromatic N) is 8. The zero-order valence-electron chi connectivity index (χ0n) is 26.1. The van der Waals surface area contributed by atoms with Crippen LogP contribution in [-0.4, -0.2) is 59.0 Å². The molecule has 2 N–H and O–H groups in total. The standard InChI is InChI=1S/2C13H11N4O2.2ClH.2H2O4S.Zn/c2*1-16(10-5-3-2-4-6-10)11-7-8-12(15-14)13(9-11)17(18)19;;;2*1-5(2,3)4;/h2*2-9H,1H3;2*1H;2*(H2,1,2,3,4);/q2*+1;;;;;+2/p-4. The molecule has 0 atom stereocenters. The van der Waals surface area contributed by atoms with E-state index in [0.717, 1.165) is 11.4 Å². The van der Waals surface area contributed by atoms with E-state index >= 15 is 0 Å². The van der Waals surface area contributed by atoms with E-state index in [-0.39, 0.29) is 22.7 Å². The van der Waals surface area contributed by atoms with E-state index in [1.165, 1.54) is 24.3 Å². The molecule has 0 saturated carbocycles.